The van der Waals surface area contributed by atoms with Crippen molar-refractivity contribution in [1.82, 2.24) is 4.90 Å². The molecule has 0 heterocycles. The summed E-state index contributed by atoms with van der Waals surface area (Å²) in [5.74, 6) is -0.644. The molecule has 0 aliphatic rings. The highest BCUT2D eigenvalue weighted by Gasteiger charge is 2.13. The number of alkyl halides is 2. The number of ether oxygens (including phenoxy) is 2. The summed E-state index contributed by atoms with van der Waals surface area (Å²) in [6, 6.07) is 10.2. The minimum atomic E-state index is -2.96. The second-order valence-electron chi connectivity index (χ2n) is 5.59. The molecular formula is C18H19F3N2O3. The van der Waals surface area contributed by atoms with Gasteiger partial charge in [0.05, 0.1) is 13.7 Å². The molecule has 0 atom stereocenters. The summed E-state index contributed by atoms with van der Waals surface area (Å²) in [7, 11) is 3.05. The van der Waals surface area contributed by atoms with Crippen LogP contribution in [-0.4, -0.2) is 38.1 Å². The van der Waals surface area contributed by atoms with Gasteiger partial charge in [-0.1, -0.05) is 12.1 Å². The van der Waals surface area contributed by atoms with Gasteiger partial charge in [0.25, 0.3) is 0 Å². The zero-order valence-corrected chi connectivity index (χ0v) is 14.3. The predicted octanol–water partition coefficient (Wildman–Crippen LogP) is 3.51. The first-order valence-electron chi connectivity index (χ1n) is 7.73. The lowest BCUT2D eigenvalue weighted by Gasteiger charge is -2.18. The van der Waals surface area contributed by atoms with Crippen molar-refractivity contribution in [3.05, 3.63) is 53.8 Å². The van der Waals surface area contributed by atoms with E-state index in [0.29, 0.717) is 17.8 Å². The van der Waals surface area contributed by atoms with Crippen LogP contribution in [0.15, 0.2) is 42.5 Å². The third-order valence-corrected chi connectivity index (χ3v) is 3.42. The fourth-order valence-corrected chi connectivity index (χ4v) is 2.39. The summed E-state index contributed by atoms with van der Waals surface area (Å²) < 4.78 is 47.5. The molecule has 0 unspecified atom stereocenters. The minimum absolute atomic E-state index is 0.0353. The Morgan fingerprint density at radius 2 is 1.96 bits per heavy atom. The molecule has 5 nitrogen and oxygen atoms in total. The molecule has 0 radical (unpaired) electrons. The van der Waals surface area contributed by atoms with Gasteiger partial charge in [0, 0.05) is 12.2 Å². The predicted molar refractivity (Wildman–Crippen MR) is 91.0 cm³/mol. The molecular weight excluding hydrogens is 349 g/mol. The number of methoxy groups -OCH3 is 1. The summed E-state index contributed by atoms with van der Waals surface area (Å²) in [5, 5.41) is 2.59. The second-order valence-corrected chi connectivity index (χ2v) is 5.59. The van der Waals surface area contributed by atoms with Gasteiger partial charge in [0.2, 0.25) is 5.91 Å². The number of likely N-dealkylation sites (N-methyl/N-ethyl adjacent to an activating group) is 1. The molecule has 2 rings (SSSR count). The fourth-order valence-electron chi connectivity index (χ4n) is 2.39. The van der Waals surface area contributed by atoms with E-state index < -0.39 is 12.4 Å². The Morgan fingerprint density at radius 3 is 2.62 bits per heavy atom. The Labute approximate surface area is 149 Å². The summed E-state index contributed by atoms with van der Waals surface area (Å²) >= 11 is 0. The molecule has 0 saturated heterocycles. The number of carbonyl (C=O) groups excluding carboxylic acids is 1. The monoisotopic (exact) mass is 368 g/mol. The summed E-state index contributed by atoms with van der Waals surface area (Å²) in [4.78, 5) is 13.7. The highest BCUT2D eigenvalue weighted by atomic mass is 19.3. The maximum atomic E-state index is 13.1. The molecule has 1 amide bonds. The molecule has 2 aromatic rings. The van der Waals surface area contributed by atoms with Crippen molar-refractivity contribution in [2.45, 2.75) is 13.2 Å². The molecule has 0 saturated carbocycles. The van der Waals surface area contributed by atoms with Crippen LogP contribution in [0.1, 0.15) is 5.56 Å². The largest absolute Gasteiger partial charge is 0.493 e. The number of halogens is 3. The van der Waals surface area contributed by atoms with E-state index in [2.05, 4.69) is 10.1 Å². The molecule has 0 aliphatic carbocycles. The summed E-state index contributed by atoms with van der Waals surface area (Å²) in [6.45, 7) is -2.61. The molecule has 0 bridgehead atoms. The van der Waals surface area contributed by atoms with Gasteiger partial charge in [-0.05, 0) is 42.9 Å². The first kappa shape index (κ1) is 19.6. The van der Waals surface area contributed by atoms with Gasteiger partial charge < -0.3 is 14.8 Å². The van der Waals surface area contributed by atoms with Crippen LogP contribution in [0.25, 0.3) is 0 Å². The molecule has 0 aliphatic heterocycles. The van der Waals surface area contributed by atoms with Crippen molar-refractivity contribution in [1.29, 1.82) is 0 Å². The van der Waals surface area contributed by atoms with Gasteiger partial charge in [0.1, 0.15) is 5.82 Å². The van der Waals surface area contributed by atoms with Crippen molar-refractivity contribution in [3.63, 3.8) is 0 Å². The van der Waals surface area contributed by atoms with E-state index in [9.17, 15) is 18.0 Å². The topological polar surface area (TPSA) is 50.8 Å². The van der Waals surface area contributed by atoms with Gasteiger partial charge in [-0.2, -0.15) is 8.78 Å². The van der Waals surface area contributed by atoms with E-state index in [-0.39, 0.29) is 24.0 Å². The zero-order valence-electron chi connectivity index (χ0n) is 14.3. The minimum Gasteiger partial charge on any atom is -0.493 e. The van der Waals surface area contributed by atoms with Crippen LogP contribution in [0.2, 0.25) is 0 Å². The third kappa shape index (κ3) is 5.96. The van der Waals surface area contributed by atoms with E-state index >= 15 is 0 Å². The number of hydrogen-bond acceptors (Lipinski definition) is 4. The standard InChI is InChI=1S/C18H19F3N2O3/c1-23(11-17(24)22-14-5-3-4-13(19)9-14)10-12-6-7-15(25-2)16(8-12)26-18(20)21/h3-9,18H,10-11H2,1-2H3,(H,22,24). The van der Waals surface area contributed by atoms with Crippen LogP contribution in [0.4, 0.5) is 18.9 Å². The number of amides is 1. The molecule has 0 fully saturated rings. The lowest BCUT2D eigenvalue weighted by molar-refractivity contribution is -0.117. The lowest BCUT2D eigenvalue weighted by atomic mass is 10.2. The van der Waals surface area contributed by atoms with E-state index in [1.165, 1.54) is 37.4 Å². The molecule has 140 valence electrons. The normalized spacial score (nSPS) is 10.9. The zero-order chi connectivity index (χ0) is 19.1. The van der Waals surface area contributed by atoms with E-state index in [1.807, 2.05) is 0 Å². The lowest BCUT2D eigenvalue weighted by Crippen LogP contribution is -2.29. The van der Waals surface area contributed by atoms with Gasteiger partial charge >= 0.3 is 6.61 Å². The van der Waals surface area contributed by atoms with E-state index in [1.54, 1.807) is 24.1 Å². The quantitative estimate of drug-likeness (QED) is 0.775. The molecule has 2 aromatic carbocycles. The van der Waals surface area contributed by atoms with Crippen LogP contribution < -0.4 is 14.8 Å². The van der Waals surface area contributed by atoms with Crippen molar-refractivity contribution < 1.29 is 27.4 Å². The number of hydrogen-bond donors (Lipinski definition) is 1. The maximum absolute atomic E-state index is 13.1. The highest BCUT2D eigenvalue weighted by Crippen LogP contribution is 2.29. The Balaban J connectivity index is 1.96. The van der Waals surface area contributed by atoms with Crippen molar-refractivity contribution in [3.8, 4) is 11.5 Å². The summed E-state index contributed by atoms with van der Waals surface area (Å²) in [6.07, 6.45) is 0. The maximum Gasteiger partial charge on any atom is 0.387 e. The van der Waals surface area contributed by atoms with Crippen LogP contribution in [0, 0.1) is 5.82 Å². The van der Waals surface area contributed by atoms with Gasteiger partial charge in [-0.25, -0.2) is 4.39 Å². The first-order valence-corrected chi connectivity index (χ1v) is 7.73. The Kier molecular flexibility index (Phi) is 6.85. The number of anilines is 1. The molecule has 8 heteroatoms. The number of nitrogens with zero attached hydrogens (tertiary/aromatic N) is 1. The SMILES string of the molecule is COc1ccc(CN(C)CC(=O)Nc2cccc(F)c2)cc1OC(F)F. The number of carbonyl (C=O) groups is 1. The Hall–Kier alpha value is -2.74. The van der Waals surface area contributed by atoms with Crippen LogP contribution in [0.3, 0.4) is 0 Å². The molecule has 0 spiro atoms. The van der Waals surface area contributed by atoms with Gasteiger partial charge in [-0.15, -0.1) is 0 Å². The molecule has 1 N–H and O–H groups in total. The molecule has 26 heavy (non-hydrogen) atoms. The smallest absolute Gasteiger partial charge is 0.387 e. The first-order chi connectivity index (χ1) is 12.4. The van der Waals surface area contributed by atoms with Crippen molar-refractivity contribution >= 4 is 11.6 Å². The second kappa shape index (κ2) is 9.10. The fraction of sp³-hybridized carbons (Fsp3) is 0.278. The van der Waals surface area contributed by atoms with Crippen LogP contribution >= 0.6 is 0 Å². The average Bonchev–Trinajstić information content (AvgIpc) is 2.54. The Bertz CT molecular complexity index is 756. The molecule has 0 aromatic heterocycles. The third-order valence-electron chi connectivity index (χ3n) is 3.42. The van der Waals surface area contributed by atoms with Crippen LogP contribution in [-0.2, 0) is 11.3 Å². The van der Waals surface area contributed by atoms with Gasteiger partial charge in [-0.3, -0.25) is 9.69 Å². The number of nitrogens with one attached hydrogen (secondary N) is 1. The van der Waals surface area contributed by atoms with E-state index in [4.69, 9.17) is 4.74 Å². The van der Waals surface area contributed by atoms with Gasteiger partial charge in [0.15, 0.2) is 11.5 Å². The van der Waals surface area contributed by atoms with Crippen LogP contribution in [0.5, 0.6) is 11.5 Å². The number of benzene rings is 2. The van der Waals surface area contributed by atoms with Crippen molar-refractivity contribution in [2.24, 2.45) is 0 Å². The summed E-state index contributed by atoms with van der Waals surface area (Å²) in [5.41, 5.74) is 1.03. The average molecular weight is 368 g/mol. The van der Waals surface area contributed by atoms with Crippen molar-refractivity contribution in [2.75, 3.05) is 26.0 Å². The highest BCUT2D eigenvalue weighted by molar-refractivity contribution is 5.92. The number of rotatable bonds is 8. The Morgan fingerprint density at radius 1 is 1.19 bits per heavy atom. The van der Waals surface area contributed by atoms with E-state index in [0.717, 1.165) is 0 Å².